The van der Waals surface area contributed by atoms with Crippen LogP contribution in [-0.4, -0.2) is 17.5 Å². The summed E-state index contributed by atoms with van der Waals surface area (Å²) in [5, 5.41) is 5.14. The first-order valence-electron chi connectivity index (χ1n) is 5.81. The van der Waals surface area contributed by atoms with Crippen molar-refractivity contribution in [3.63, 3.8) is 0 Å². The molecule has 1 aromatic carbocycles. The van der Waals surface area contributed by atoms with Gasteiger partial charge in [-0.3, -0.25) is 10.1 Å². The van der Waals surface area contributed by atoms with Crippen molar-refractivity contribution in [2.45, 2.75) is 13.5 Å². The molecule has 0 unspecified atom stereocenters. The van der Waals surface area contributed by atoms with Crippen LogP contribution in [0.4, 0.5) is 5.13 Å². The molecular weight excluding hydrogens is 262 g/mol. The van der Waals surface area contributed by atoms with E-state index in [0.717, 1.165) is 11.3 Å². The molecule has 2 aromatic rings. The third-order valence-electron chi connectivity index (χ3n) is 2.37. The number of hydrogen-bond acceptors (Lipinski definition) is 5. The number of aromatic nitrogens is 1. The second-order valence-corrected chi connectivity index (χ2v) is 4.84. The smallest absolute Gasteiger partial charge is 0.264 e. The van der Waals surface area contributed by atoms with Gasteiger partial charge in [-0.25, -0.2) is 4.98 Å². The van der Waals surface area contributed by atoms with Crippen molar-refractivity contribution < 1.29 is 9.53 Å². The lowest BCUT2D eigenvalue weighted by molar-refractivity contribution is -0.118. The van der Waals surface area contributed by atoms with Gasteiger partial charge in [0.05, 0.1) is 5.69 Å². The lowest BCUT2D eigenvalue weighted by Crippen LogP contribution is -2.20. The first-order chi connectivity index (χ1) is 9.17. The molecule has 0 saturated carbocycles. The Balaban J connectivity index is 1.86. The molecule has 100 valence electrons. The first-order valence-corrected chi connectivity index (χ1v) is 6.69. The van der Waals surface area contributed by atoms with Gasteiger partial charge >= 0.3 is 0 Å². The number of nitrogens with two attached hydrogens (primary N) is 1. The van der Waals surface area contributed by atoms with Crippen LogP contribution >= 0.6 is 11.3 Å². The van der Waals surface area contributed by atoms with Gasteiger partial charge in [0.2, 0.25) is 0 Å². The quantitative estimate of drug-likeness (QED) is 0.875. The van der Waals surface area contributed by atoms with Crippen molar-refractivity contribution in [1.82, 2.24) is 4.98 Å². The maximum atomic E-state index is 11.7. The number of benzene rings is 1. The van der Waals surface area contributed by atoms with Gasteiger partial charge in [-0.15, -0.1) is 11.3 Å². The highest BCUT2D eigenvalue weighted by molar-refractivity contribution is 7.13. The fourth-order valence-electron chi connectivity index (χ4n) is 1.48. The molecule has 0 aliphatic carbocycles. The highest BCUT2D eigenvalue weighted by Gasteiger charge is 2.06. The molecule has 5 nitrogen and oxygen atoms in total. The number of thiazole rings is 1. The molecule has 0 fully saturated rings. The molecule has 1 amide bonds. The number of hydrogen-bond donors (Lipinski definition) is 2. The first kappa shape index (κ1) is 13.5. The molecule has 0 atom stereocenters. The number of carbonyl (C=O) groups excluding carboxylic acids is 1. The number of aryl methyl sites for hydroxylation is 1. The fourth-order valence-corrected chi connectivity index (χ4v) is 2.18. The van der Waals surface area contributed by atoms with Crippen molar-refractivity contribution in [2.24, 2.45) is 5.73 Å². The summed E-state index contributed by atoms with van der Waals surface area (Å²) in [5.74, 6) is 0.404. The summed E-state index contributed by atoms with van der Waals surface area (Å²) >= 11 is 1.39. The highest BCUT2D eigenvalue weighted by atomic mass is 32.1. The van der Waals surface area contributed by atoms with Crippen LogP contribution in [0.5, 0.6) is 5.75 Å². The predicted octanol–water partition coefficient (Wildman–Crippen LogP) is 1.93. The maximum Gasteiger partial charge on any atom is 0.264 e. The van der Waals surface area contributed by atoms with E-state index in [4.69, 9.17) is 10.5 Å². The number of nitrogens with one attached hydrogen (secondary N) is 1. The normalized spacial score (nSPS) is 10.2. The third kappa shape index (κ3) is 4.04. The van der Waals surface area contributed by atoms with Crippen molar-refractivity contribution in [3.8, 4) is 5.75 Å². The second-order valence-electron chi connectivity index (χ2n) is 3.98. The van der Waals surface area contributed by atoms with E-state index in [2.05, 4.69) is 10.3 Å². The van der Waals surface area contributed by atoms with Crippen molar-refractivity contribution in [3.05, 3.63) is 40.9 Å². The third-order valence-corrected chi connectivity index (χ3v) is 3.25. The van der Waals surface area contributed by atoms with Crippen LogP contribution in [0.15, 0.2) is 29.6 Å². The monoisotopic (exact) mass is 277 g/mol. The number of amides is 1. The van der Waals surface area contributed by atoms with Crippen LogP contribution in [0.3, 0.4) is 0 Å². The van der Waals surface area contributed by atoms with Gasteiger partial charge in [0.25, 0.3) is 5.91 Å². The Hall–Kier alpha value is -1.92. The van der Waals surface area contributed by atoms with E-state index in [1.54, 1.807) is 6.07 Å². The Bertz CT molecular complexity index is 569. The van der Waals surface area contributed by atoms with Gasteiger partial charge in [0.1, 0.15) is 5.75 Å². The topological polar surface area (TPSA) is 77.2 Å². The molecule has 0 spiro atoms. The molecule has 6 heteroatoms. The molecule has 1 aromatic heterocycles. The van der Waals surface area contributed by atoms with Gasteiger partial charge in [-0.05, 0) is 24.6 Å². The van der Waals surface area contributed by atoms with Crippen molar-refractivity contribution in [2.75, 3.05) is 11.9 Å². The predicted molar refractivity (Wildman–Crippen MR) is 75.3 cm³/mol. The molecule has 3 N–H and O–H groups in total. The van der Waals surface area contributed by atoms with Crippen molar-refractivity contribution >= 4 is 22.4 Å². The highest BCUT2D eigenvalue weighted by Crippen LogP contribution is 2.15. The number of carbonyl (C=O) groups is 1. The van der Waals surface area contributed by atoms with Crippen LogP contribution < -0.4 is 15.8 Å². The summed E-state index contributed by atoms with van der Waals surface area (Å²) in [6.07, 6.45) is 0. The zero-order chi connectivity index (χ0) is 13.7. The van der Waals surface area contributed by atoms with Gasteiger partial charge < -0.3 is 10.5 Å². The SMILES string of the molecule is Cc1csc(NC(=O)COc2cccc(CN)c2)n1. The van der Waals surface area contributed by atoms with Crippen LogP contribution in [0.2, 0.25) is 0 Å². The molecule has 0 aliphatic heterocycles. The Kier molecular flexibility index (Phi) is 4.48. The van der Waals surface area contributed by atoms with E-state index in [1.807, 2.05) is 30.5 Å². The van der Waals surface area contributed by atoms with Gasteiger partial charge in [0, 0.05) is 11.9 Å². The Morgan fingerprint density at radius 2 is 2.37 bits per heavy atom. The zero-order valence-corrected chi connectivity index (χ0v) is 11.4. The molecule has 2 rings (SSSR count). The molecule has 0 bridgehead atoms. The lowest BCUT2D eigenvalue weighted by Gasteiger charge is -2.06. The Morgan fingerprint density at radius 3 is 3.05 bits per heavy atom. The van der Waals surface area contributed by atoms with E-state index in [0.29, 0.717) is 17.4 Å². The second kappa shape index (κ2) is 6.31. The summed E-state index contributed by atoms with van der Waals surface area (Å²) < 4.78 is 5.40. The van der Waals surface area contributed by atoms with Crippen LogP contribution in [0, 0.1) is 6.92 Å². The molecule has 0 saturated heterocycles. The van der Waals surface area contributed by atoms with Gasteiger partial charge in [0.15, 0.2) is 11.7 Å². The largest absolute Gasteiger partial charge is 0.484 e. The average molecular weight is 277 g/mol. The summed E-state index contributed by atoms with van der Waals surface area (Å²) in [7, 11) is 0. The zero-order valence-electron chi connectivity index (χ0n) is 10.6. The minimum absolute atomic E-state index is 0.0490. The molecule has 0 radical (unpaired) electrons. The molecule has 0 aliphatic rings. The Labute approximate surface area is 115 Å². The van der Waals surface area contributed by atoms with Gasteiger partial charge in [-0.2, -0.15) is 0 Å². The van der Waals surface area contributed by atoms with Crippen LogP contribution in [0.1, 0.15) is 11.3 Å². The van der Waals surface area contributed by atoms with E-state index in [-0.39, 0.29) is 12.5 Å². The maximum absolute atomic E-state index is 11.7. The molecule has 19 heavy (non-hydrogen) atoms. The average Bonchev–Trinajstić information content (AvgIpc) is 2.82. The minimum atomic E-state index is -0.229. The van der Waals surface area contributed by atoms with Crippen molar-refractivity contribution in [1.29, 1.82) is 0 Å². The van der Waals surface area contributed by atoms with Crippen LogP contribution in [0.25, 0.3) is 0 Å². The van der Waals surface area contributed by atoms with E-state index in [1.165, 1.54) is 11.3 Å². The minimum Gasteiger partial charge on any atom is -0.484 e. The molecular formula is C13H15N3O2S. The number of nitrogens with zero attached hydrogens (tertiary/aromatic N) is 1. The van der Waals surface area contributed by atoms with Gasteiger partial charge in [-0.1, -0.05) is 12.1 Å². The van der Waals surface area contributed by atoms with E-state index < -0.39 is 0 Å². The summed E-state index contributed by atoms with van der Waals surface area (Å²) in [5.41, 5.74) is 7.39. The number of ether oxygens (including phenoxy) is 1. The number of rotatable bonds is 5. The fraction of sp³-hybridized carbons (Fsp3) is 0.231. The van der Waals surface area contributed by atoms with E-state index in [9.17, 15) is 4.79 Å². The number of anilines is 1. The Morgan fingerprint density at radius 1 is 1.53 bits per heavy atom. The lowest BCUT2D eigenvalue weighted by atomic mass is 10.2. The summed E-state index contributed by atoms with van der Waals surface area (Å²) in [4.78, 5) is 15.8. The molecule has 1 heterocycles. The van der Waals surface area contributed by atoms with E-state index >= 15 is 0 Å². The summed E-state index contributed by atoms with van der Waals surface area (Å²) in [6, 6.07) is 7.37. The summed E-state index contributed by atoms with van der Waals surface area (Å²) in [6.45, 7) is 2.27. The standard InChI is InChI=1S/C13H15N3O2S/c1-9-8-19-13(15-9)16-12(17)7-18-11-4-2-3-10(5-11)6-14/h2-5,8H,6-7,14H2,1H3,(H,15,16,17). The van der Waals surface area contributed by atoms with Crippen LogP contribution in [-0.2, 0) is 11.3 Å².